The molecule has 2 aromatic carbocycles. The number of benzene rings is 2. The number of nitrogens with one attached hydrogen (secondary N) is 1. The minimum absolute atomic E-state index is 0.0831. The molecule has 1 N–H and O–H groups in total. The van der Waals surface area contributed by atoms with Crippen LogP contribution in [0.2, 0.25) is 0 Å². The van der Waals surface area contributed by atoms with E-state index in [0.717, 1.165) is 5.56 Å². The van der Waals surface area contributed by atoms with Gasteiger partial charge < -0.3 is 14.6 Å². The maximum absolute atomic E-state index is 12.1. The molecule has 122 valence electrons. The average Bonchev–Trinajstić information content (AvgIpc) is 3.01. The predicted molar refractivity (Wildman–Crippen MR) is 89.8 cm³/mol. The largest absolute Gasteiger partial charge is 0.484 e. The fraction of sp³-hybridized carbons (Fsp3) is 0.167. The van der Waals surface area contributed by atoms with Crippen molar-refractivity contribution in [3.05, 3.63) is 59.9 Å². The first-order valence-electron chi connectivity index (χ1n) is 7.51. The second kappa shape index (κ2) is 6.95. The van der Waals surface area contributed by atoms with E-state index < -0.39 is 0 Å². The van der Waals surface area contributed by atoms with E-state index in [4.69, 9.17) is 9.26 Å². The Labute approximate surface area is 139 Å². The summed E-state index contributed by atoms with van der Waals surface area (Å²) in [6.07, 6.45) is 0. The van der Waals surface area contributed by atoms with Gasteiger partial charge >= 0.3 is 0 Å². The van der Waals surface area contributed by atoms with Crippen molar-refractivity contribution in [2.24, 2.45) is 0 Å². The molecule has 24 heavy (non-hydrogen) atoms. The zero-order chi connectivity index (χ0) is 16.9. The van der Waals surface area contributed by atoms with Gasteiger partial charge in [-0.15, -0.1) is 0 Å². The zero-order valence-electron chi connectivity index (χ0n) is 13.4. The van der Waals surface area contributed by atoms with Gasteiger partial charge in [0.1, 0.15) is 5.75 Å². The fourth-order valence-corrected chi connectivity index (χ4v) is 2.15. The molecule has 1 aromatic heterocycles. The molecule has 0 atom stereocenters. The monoisotopic (exact) mass is 323 g/mol. The molecule has 0 saturated heterocycles. The Morgan fingerprint density at radius 1 is 1.12 bits per heavy atom. The molecule has 0 fully saturated rings. The molecule has 3 aromatic rings. The van der Waals surface area contributed by atoms with E-state index in [1.165, 1.54) is 0 Å². The minimum Gasteiger partial charge on any atom is -0.484 e. The maximum Gasteiger partial charge on any atom is 0.262 e. The number of hydrogen-bond donors (Lipinski definition) is 1. The molecule has 0 spiro atoms. The lowest BCUT2D eigenvalue weighted by Gasteiger charge is -2.10. The molecular weight excluding hydrogens is 306 g/mol. The fourth-order valence-electron chi connectivity index (χ4n) is 2.15. The molecule has 3 rings (SSSR count). The van der Waals surface area contributed by atoms with Gasteiger partial charge in [0.15, 0.2) is 12.4 Å². The standard InChI is InChI=1S/C18H17N3O3/c1-12-7-9-14(10-8-12)23-11-17(22)20-16-6-4-3-5-15(16)18-19-13(2)21-24-18/h3-10H,11H2,1-2H3,(H,20,22). The summed E-state index contributed by atoms with van der Waals surface area (Å²) in [5.41, 5.74) is 2.40. The number of aryl methyl sites for hydroxylation is 2. The topological polar surface area (TPSA) is 77.2 Å². The van der Waals surface area contributed by atoms with Gasteiger partial charge in [0.2, 0.25) is 0 Å². The molecule has 6 heteroatoms. The third kappa shape index (κ3) is 3.78. The Bertz CT molecular complexity index is 841. The number of para-hydroxylation sites is 1. The summed E-state index contributed by atoms with van der Waals surface area (Å²) in [5, 5.41) is 6.58. The number of hydrogen-bond acceptors (Lipinski definition) is 5. The van der Waals surface area contributed by atoms with Crippen molar-refractivity contribution < 1.29 is 14.1 Å². The summed E-state index contributed by atoms with van der Waals surface area (Å²) >= 11 is 0. The highest BCUT2D eigenvalue weighted by Gasteiger charge is 2.13. The van der Waals surface area contributed by atoms with Crippen LogP contribution in [0, 0.1) is 13.8 Å². The zero-order valence-corrected chi connectivity index (χ0v) is 13.4. The quantitative estimate of drug-likeness (QED) is 0.779. The van der Waals surface area contributed by atoms with E-state index in [-0.39, 0.29) is 12.5 Å². The Morgan fingerprint density at radius 2 is 1.88 bits per heavy atom. The van der Waals surface area contributed by atoms with Crippen LogP contribution in [0.1, 0.15) is 11.4 Å². The van der Waals surface area contributed by atoms with Gasteiger partial charge in [-0.25, -0.2) is 0 Å². The van der Waals surface area contributed by atoms with Crippen LogP contribution in [0.15, 0.2) is 53.1 Å². The highest BCUT2D eigenvalue weighted by atomic mass is 16.5. The molecule has 0 aliphatic carbocycles. The first-order chi connectivity index (χ1) is 11.6. The van der Waals surface area contributed by atoms with Gasteiger partial charge in [-0.2, -0.15) is 4.98 Å². The predicted octanol–water partition coefficient (Wildman–Crippen LogP) is 3.37. The third-order valence-electron chi connectivity index (χ3n) is 3.35. The van der Waals surface area contributed by atoms with Crippen LogP contribution >= 0.6 is 0 Å². The van der Waals surface area contributed by atoms with E-state index in [9.17, 15) is 4.79 Å². The number of nitrogens with zero attached hydrogens (tertiary/aromatic N) is 2. The molecule has 0 saturated carbocycles. The lowest BCUT2D eigenvalue weighted by molar-refractivity contribution is -0.118. The number of anilines is 1. The van der Waals surface area contributed by atoms with Gasteiger partial charge in [-0.1, -0.05) is 35.0 Å². The third-order valence-corrected chi connectivity index (χ3v) is 3.35. The molecule has 0 aliphatic rings. The number of aromatic nitrogens is 2. The Hall–Kier alpha value is -3.15. The van der Waals surface area contributed by atoms with Crippen molar-refractivity contribution in [3.8, 4) is 17.2 Å². The molecule has 0 bridgehead atoms. The van der Waals surface area contributed by atoms with E-state index in [2.05, 4.69) is 15.5 Å². The first kappa shape index (κ1) is 15.7. The number of amides is 1. The summed E-state index contributed by atoms with van der Waals surface area (Å²) in [5.74, 6) is 1.28. The SMILES string of the molecule is Cc1ccc(OCC(=O)Nc2ccccc2-c2nc(C)no2)cc1. The Morgan fingerprint density at radius 3 is 2.58 bits per heavy atom. The van der Waals surface area contributed by atoms with Gasteiger partial charge in [0.05, 0.1) is 11.3 Å². The summed E-state index contributed by atoms with van der Waals surface area (Å²) in [6.45, 7) is 3.65. The summed E-state index contributed by atoms with van der Waals surface area (Å²) < 4.78 is 10.7. The van der Waals surface area contributed by atoms with Crippen LogP contribution in [0.3, 0.4) is 0 Å². The van der Waals surface area contributed by atoms with Crippen LogP contribution in [0.4, 0.5) is 5.69 Å². The molecule has 1 heterocycles. The Balaban J connectivity index is 1.67. The first-order valence-corrected chi connectivity index (χ1v) is 7.51. The van der Waals surface area contributed by atoms with Crippen LogP contribution in [-0.2, 0) is 4.79 Å². The highest BCUT2D eigenvalue weighted by Crippen LogP contribution is 2.26. The van der Waals surface area contributed by atoms with Crippen molar-refractivity contribution >= 4 is 11.6 Å². The molecule has 0 radical (unpaired) electrons. The lowest BCUT2D eigenvalue weighted by atomic mass is 10.1. The van der Waals surface area contributed by atoms with Crippen LogP contribution in [0.25, 0.3) is 11.5 Å². The van der Waals surface area contributed by atoms with Crippen molar-refractivity contribution in [2.75, 3.05) is 11.9 Å². The maximum atomic E-state index is 12.1. The van der Waals surface area contributed by atoms with Crippen LogP contribution < -0.4 is 10.1 Å². The van der Waals surface area contributed by atoms with E-state index >= 15 is 0 Å². The second-order valence-corrected chi connectivity index (χ2v) is 5.34. The minimum atomic E-state index is -0.265. The molecule has 6 nitrogen and oxygen atoms in total. The van der Waals surface area contributed by atoms with Gasteiger partial charge in [-0.3, -0.25) is 4.79 Å². The molecule has 0 unspecified atom stereocenters. The van der Waals surface area contributed by atoms with E-state index in [1.807, 2.05) is 49.4 Å². The number of carbonyl (C=O) groups excluding carboxylic acids is 1. The van der Waals surface area contributed by atoms with Crippen LogP contribution in [0.5, 0.6) is 5.75 Å². The highest BCUT2D eigenvalue weighted by molar-refractivity contribution is 5.95. The van der Waals surface area contributed by atoms with E-state index in [0.29, 0.717) is 28.7 Å². The summed E-state index contributed by atoms with van der Waals surface area (Å²) in [4.78, 5) is 16.3. The molecule has 0 aliphatic heterocycles. The van der Waals surface area contributed by atoms with Gasteiger partial charge in [0.25, 0.3) is 11.8 Å². The lowest BCUT2D eigenvalue weighted by Crippen LogP contribution is -2.20. The average molecular weight is 323 g/mol. The molecule has 1 amide bonds. The van der Waals surface area contributed by atoms with Gasteiger partial charge in [-0.05, 0) is 38.1 Å². The Kier molecular flexibility index (Phi) is 4.56. The summed E-state index contributed by atoms with van der Waals surface area (Å²) in [6, 6.07) is 14.8. The number of ether oxygens (including phenoxy) is 1. The van der Waals surface area contributed by atoms with Crippen molar-refractivity contribution in [1.29, 1.82) is 0 Å². The van der Waals surface area contributed by atoms with Gasteiger partial charge in [0, 0.05) is 0 Å². The van der Waals surface area contributed by atoms with E-state index in [1.54, 1.807) is 13.0 Å². The smallest absolute Gasteiger partial charge is 0.262 e. The van der Waals surface area contributed by atoms with Crippen molar-refractivity contribution in [2.45, 2.75) is 13.8 Å². The normalized spacial score (nSPS) is 10.4. The number of rotatable bonds is 5. The molecular formula is C18H17N3O3. The number of carbonyl (C=O) groups is 1. The second-order valence-electron chi connectivity index (χ2n) is 5.34. The summed E-state index contributed by atoms with van der Waals surface area (Å²) in [7, 11) is 0. The van der Waals surface area contributed by atoms with Crippen molar-refractivity contribution in [3.63, 3.8) is 0 Å². The van der Waals surface area contributed by atoms with Crippen LogP contribution in [-0.4, -0.2) is 22.7 Å². The van der Waals surface area contributed by atoms with Crippen molar-refractivity contribution in [1.82, 2.24) is 10.1 Å².